The first kappa shape index (κ1) is 14.9. The van der Waals surface area contributed by atoms with Crippen LogP contribution in [0.4, 0.5) is 4.39 Å². The summed E-state index contributed by atoms with van der Waals surface area (Å²) in [5.41, 5.74) is 3.54. The third-order valence-electron chi connectivity index (χ3n) is 6.31. The monoisotopic (exact) mass is 465 g/mol. The van der Waals surface area contributed by atoms with Crippen LogP contribution in [-0.4, -0.2) is 0 Å². The van der Waals surface area contributed by atoms with Crippen LogP contribution in [0.3, 0.4) is 0 Å². The van der Waals surface area contributed by atoms with E-state index in [1.54, 1.807) is 43.4 Å². The van der Waals surface area contributed by atoms with Crippen molar-refractivity contribution in [3.63, 3.8) is 0 Å². The third-order valence-corrected chi connectivity index (χ3v) is 6.31. The molecular weight excluding hydrogens is 433 g/mol. The molecule has 0 saturated carbocycles. The molecule has 6 rings (SSSR count). The molecule has 0 N–H and O–H groups in total. The summed E-state index contributed by atoms with van der Waals surface area (Å²) in [6.07, 6.45) is 1.14. The van der Waals surface area contributed by atoms with Crippen LogP contribution < -0.4 is 4.57 Å². The van der Waals surface area contributed by atoms with Crippen molar-refractivity contribution in [2.45, 2.75) is 13.8 Å². The van der Waals surface area contributed by atoms with Gasteiger partial charge >= 0.3 is 0 Å². The largest absolute Gasteiger partial charge is 0.454 e. The first-order valence-corrected chi connectivity index (χ1v) is 11.2. The summed E-state index contributed by atoms with van der Waals surface area (Å²) in [7, 11) is 1.63. The summed E-state index contributed by atoms with van der Waals surface area (Å²) in [5.74, 6) is -0.833. The number of halogens is 1. The van der Waals surface area contributed by atoms with E-state index in [4.69, 9.17) is 14.0 Å². The number of rotatable bonds is 3. The summed E-state index contributed by atoms with van der Waals surface area (Å²) in [6.45, 7) is -0.801. The van der Waals surface area contributed by atoms with Crippen LogP contribution in [0.25, 0.3) is 55.4 Å². The normalized spacial score (nSPS) is 14.7. The summed E-state index contributed by atoms with van der Waals surface area (Å²) in [4.78, 5) is 0. The van der Waals surface area contributed by atoms with Gasteiger partial charge in [-0.15, -0.1) is 0 Å². The zero-order valence-corrected chi connectivity index (χ0v) is 19.2. The molecule has 4 aromatic carbocycles. The van der Waals surface area contributed by atoms with Crippen LogP contribution in [-0.2, 0) is 7.05 Å². The Morgan fingerprint density at radius 1 is 0.800 bits per heavy atom. The fourth-order valence-corrected chi connectivity index (χ4v) is 4.54. The van der Waals surface area contributed by atoms with Gasteiger partial charge in [-0.1, -0.05) is 84.8 Å². The van der Waals surface area contributed by atoms with Gasteiger partial charge in [0.2, 0.25) is 11.9 Å². The number of hydrogen-bond donors (Lipinski definition) is 0. The van der Waals surface area contributed by atoms with E-state index in [1.165, 1.54) is 10.6 Å². The Kier molecular flexibility index (Phi) is 3.49. The van der Waals surface area contributed by atoms with Gasteiger partial charge in [-0.05, 0) is 41.6 Å². The molecule has 2 nitrogen and oxygen atoms in total. The average Bonchev–Trinajstić information content (AvgIpc) is 3.32. The molecule has 0 fully saturated rings. The van der Waals surface area contributed by atoms with Gasteiger partial charge in [0.05, 0.1) is 11.0 Å². The summed E-state index contributed by atoms with van der Waals surface area (Å²) in [5, 5.41) is 1.40. The lowest BCUT2D eigenvalue weighted by molar-refractivity contribution is -0.662. The Hall–Kier alpha value is -4.24. The molecule has 170 valence electrons. The molecule has 6 aromatic rings. The standard InChI is InChI=1S/C32H25FNO/c1-20-12-17-27-26-11-7-10-25(24-15-13-23(14-16-24)22-8-5-4-6-9-22)31(26)35-32(27)30(20)29-18-21(2)28(33)19-34(29)3/h4-19H,1-3H3/q+1/i2D3,13D,14D,15D,16D. The minimum Gasteiger partial charge on any atom is -0.454 e. The Morgan fingerprint density at radius 3 is 2.31 bits per heavy atom. The number of hydrogen-bond acceptors (Lipinski definition) is 1. The number of pyridine rings is 1. The molecule has 0 unspecified atom stereocenters. The molecule has 0 amide bonds. The molecule has 0 aliphatic heterocycles. The lowest BCUT2D eigenvalue weighted by atomic mass is 9.97. The molecule has 0 radical (unpaired) electrons. The SMILES string of the molecule is [2H]c1c([2H])c(-c2cccc3c2oc2c(-c4cc(C([2H])([2H])[2H])c(F)c[n+]4C)c(C)ccc23)c([2H])c([2H])c1-c1ccccc1. The van der Waals surface area contributed by atoms with Gasteiger partial charge in [0.25, 0.3) is 0 Å². The Balaban J connectivity index is 1.65. The van der Waals surface area contributed by atoms with Gasteiger partial charge in [-0.3, -0.25) is 0 Å². The highest BCUT2D eigenvalue weighted by molar-refractivity contribution is 6.13. The zero-order valence-electron chi connectivity index (χ0n) is 26.2. The minimum atomic E-state index is -2.65. The van der Waals surface area contributed by atoms with E-state index in [0.29, 0.717) is 44.3 Å². The van der Waals surface area contributed by atoms with Gasteiger partial charge in [-0.2, -0.15) is 4.57 Å². The van der Waals surface area contributed by atoms with Crippen molar-refractivity contribution in [2.75, 3.05) is 0 Å². The van der Waals surface area contributed by atoms with Gasteiger partial charge in [0, 0.05) is 26.5 Å². The topological polar surface area (TPSA) is 17.0 Å². The molecular formula is C32H25FNO+. The van der Waals surface area contributed by atoms with Crippen molar-refractivity contribution in [3.05, 3.63) is 114 Å². The lowest BCUT2D eigenvalue weighted by Crippen LogP contribution is -2.31. The summed E-state index contributed by atoms with van der Waals surface area (Å²) in [6, 6.07) is 18.6. The van der Waals surface area contributed by atoms with Crippen LogP contribution in [0.15, 0.2) is 102 Å². The second-order valence-corrected chi connectivity index (χ2v) is 8.57. The highest BCUT2D eigenvalue weighted by atomic mass is 19.1. The summed E-state index contributed by atoms with van der Waals surface area (Å²) < 4.78 is 81.4. The van der Waals surface area contributed by atoms with Crippen molar-refractivity contribution in [1.82, 2.24) is 0 Å². The molecule has 2 aromatic heterocycles. The lowest BCUT2D eigenvalue weighted by Gasteiger charge is -2.07. The van der Waals surface area contributed by atoms with Crippen molar-refractivity contribution in [2.24, 2.45) is 7.05 Å². The first-order valence-electron chi connectivity index (χ1n) is 14.7. The van der Waals surface area contributed by atoms with Crippen LogP contribution in [0.1, 0.15) is 20.7 Å². The first-order chi connectivity index (χ1) is 19.9. The third kappa shape index (κ3) is 3.52. The van der Waals surface area contributed by atoms with Crippen LogP contribution in [0.5, 0.6) is 0 Å². The van der Waals surface area contributed by atoms with Crippen molar-refractivity contribution in [1.29, 1.82) is 0 Å². The molecule has 0 bridgehead atoms. The van der Waals surface area contributed by atoms with Crippen molar-refractivity contribution >= 4 is 21.9 Å². The van der Waals surface area contributed by atoms with E-state index in [2.05, 4.69) is 0 Å². The molecule has 0 saturated heterocycles. The van der Waals surface area contributed by atoms with Gasteiger partial charge in [0.1, 0.15) is 18.2 Å². The van der Waals surface area contributed by atoms with Crippen molar-refractivity contribution < 1.29 is 23.0 Å². The van der Waals surface area contributed by atoms with Gasteiger partial charge < -0.3 is 4.42 Å². The Bertz CT molecular complexity index is 2020. The minimum absolute atomic E-state index is 0.115. The average molecular weight is 466 g/mol. The van der Waals surface area contributed by atoms with E-state index < -0.39 is 18.2 Å². The van der Waals surface area contributed by atoms with E-state index in [-0.39, 0.29) is 35.3 Å². The number of aryl methyl sites for hydroxylation is 3. The quantitative estimate of drug-likeness (QED) is 0.241. The van der Waals surface area contributed by atoms with E-state index in [1.807, 2.05) is 31.2 Å². The predicted molar refractivity (Wildman–Crippen MR) is 141 cm³/mol. The van der Waals surface area contributed by atoms with Crippen LogP contribution in [0.2, 0.25) is 0 Å². The number of aromatic nitrogens is 1. The predicted octanol–water partition coefficient (Wildman–Crippen LogP) is 8.17. The Morgan fingerprint density at radius 2 is 1.54 bits per heavy atom. The highest BCUT2D eigenvalue weighted by Crippen LogP contribution is 2.40. The smallest absolute Gasteiger partial charge is 0.216 e. The number of nitrogens with zero attached hydrogens (tertiary/aromatic N) is 1. The number of benzene rings is 4. The molecule has 0 aliphatic rings. The number of fused-ring (bicyclic) bond motifs is 3. The maximum absolute atomic E-state index is 14.7. The van der Waals surface area contributed by atoms with E-state index in [0.717, 1.165) is 11.8 Å². The highest BCUT2D eigenvalue weighted by Gasteiger charge is 2.23. The summed E-state index contributed by atoms with van der Waals surface area (Å²) >= 11 is 0. The van der Waals surface area contributed by atoms with Gasteiger partial charge in [0.15, 0.2) is 5.82 Å². The molecule has 0 spiro atoms. The number of furan rings is 1. The van der Waals surface area contributed by atoms with Crippen LogP contribution in [0, 0.1) is 19.6 Å². The maximum atomic E-state index is 14.7. The second-order valence-electron chi connectivity index (χ2n) is 8.57. The molecule has 3 heteroatoms. The fourth-order valence-electron chi connectivity index (χ4n) is 4.54. The molecule has 0 aliphatic carbocycles. The molecule has 35 heavy (non-hydrogen) atoms. The fraction of sp³-hybridized carbons (Fsp3) is 0.0938. The molecule has 0 atom stereocenters. The second kappa shape index (κ2) is 8.21. The Labute approximate surface area is 213 Å². The maximum Gasteiger partial charge on any atom is 0.216 e. The van der Waals surface area contributed by atoms with Gasteiger partial charge in [-0.25, -0.2) is 4.39 Å². The molecule has 2 heterocycles. The van der Waals surface area contributed by atoms with E-state index >= 15 is 0 Å². The number of para-hydroxylation sites is 1. The van der Waals surface area contributed by atoms with Crippen molar-refractivity contribution in [3.8, 4) is 33.5 Å². The van der Waals surface area contributed by atoms with Crippen LogP contribution >= 0.6 is 0 Å². The van der Waals surface area contributed by atoms with E-state index in [9.17, 15) is 4.39 Å². The zero-order chi connectivity index (χ0) is 30.1.